The van der Waals surface area contributed by atoms with Crippen LogP contribution in [0.25, 0.3) is 10.8 Å². The van der Waals surface area contributed by atoms with Crippen LogP contribution in [0.2, 0.25) is 5.02 Å². The van der Waals surface area contributed by atoms with Gasteiger partial charge in [-0.05, 0) is 35.0 Å². The second-order valence-corrected chi connectivity index (χ2v) is 5.82. The third-order valence-corrected chi connectivity index (χ3v) is 4.03. The van der Waals surface area contributed by atoms with Gasteiger partial charge < -0.3 is 10.2 Å². The second kappa shape index (κ2) is 6.71. The number of halogens is 1. The average Bonchev–Trinajstić information content (AvgIpc) is 2.56. The predicted molar refractivity (Wildman–Crippen MR) is 97.3 cm³/mol. The van der Waals surface area contributed by atoms with Crippen molar-refractivity contribution in [2.45, 2.75) is 0 Å². The van der Waals surface area contributed by atoms with Crippen LogP contribution in [-0.4, -0.2) is 19.5 Å². The average molecular weight is 325 g/mol. The number of para-hydroxylation sites is 1. The second-order valence-electron chi connectivity index (χ2n) is 5.42. The molecule has 0 saturated heterocycles. The van der Waals surface area contributed by atoms with Gasteiger partial charge in [-0.1, -0.05) is 54.1 Å². The molecular weight excluding hydrogens is 308 g/mol. The lowest BCUT2D eigenvalue weighted by atomic mass is 10.1. The molecule has 3 aromatic rings. The molecule has 116 valence electrons. The van der Waals surface area contributed by atoms with E-state index in [1.807, 2.05) is 42.3 Å². The first-order valence-electron chi connectivity index (χ1n) is 7.38. The van der Waals surface area contributed by atoms with Crippen LogP contribution in [0.15, 0.2) is 66.7 Å². The molecule has 0 fully saturated rings. The fraction of sp³-hybridized carbons (Fsp3) is 0.105. The Balaban J connectivity index is 1.71. The summed E-state index contributed by atoms with van der Waals surface area (Å²) in [6.45, 7) is 0.254. The quantitative estimate of drug-likeness (QED) is 0.762. The normalized spacial score (nSPS) is 10.5. The summed E-state index contributed by atoms with van der Waals surface area (Å²) in [5.41, 5.74) is 1.63. The Labute approximate surface area is 140 Å². The molecule has 1 amide bonds. The number of carbonyl (C=O) groups is 1. The number of nitrogens with zero attached hydrogens (tertiary/aromatic N) is 1. The van der Waals surface area contributed by atoms with Gasteiger partial charge in [0.15, 0.2) is 0 Å². The molecule has 0 saturated carbocycles. The topological polar surface area (TPSA) is 32.3 Å². The number of nitrogens with one attached hydrogen (secondary N) is 1. The van der Waals surface area contributed by atoms with E-state index in [0.717, 1.165) is 11.1 Å². The lowest BCUT2D eigenvalue weighted by Crippen LogP contribution is -2.30. The zero-order valence-corrected chi connectivity index (χ0v) is 13.5. The van der Waals surface area contributed by atoms with E-state index in [2.05, 4.69) is 29.6 Å². The summed E-state index contributed by atoms with van der Waals surface area (Å²) in [4.78, 5) is 14.1. The molecule has 0 aromatic heterocycles. The Morgan fingerprint density at radius 1 is 1.00 bits per heavy atom. The molecule has 0 spiro atoms. The number of fused-ring (bicyclic) bond motifs is 1. The summed E-state index contributed by atoms with van der Waals surface area (Å²) in [5, 5.41) is 5.71. The molecule has 0 aliphatic heterocycles. The largest absolute Gasteiger partial charge is 0.365 e. The first kappa shape index (κ1) is 15.4. The number of rotatable bonds is 4. The Kier molecular flexibility index (Phi) is 4.49. The van der Waals surface area contributed by atoms with Crippen molar-refractivity contribution in [2.75, 3.05) is 23.8 Å². The molecule has 0 unspecified atom stereocenters. The highest BCUT2D eigenvalue weighted by Crippen LogP contribution is 2.22. The molecule has 0 bridgehead atoms. The number of likely N-dealkylation sites (N-methyl/N-ethyl adjacent to an activating group) is 1. The van der Waals surface area contributed by atoms with Gasteiger partial charge in [-0.25, -0.2) is 0 Å². The van der Waals surface area contributed by atoms with Crippen LogP contribution in [0.4, 0.5) is 11.4 Å². The Hall–Kier alpha value is -2.52. The van der Waals surface area contributed by atoms with E-state index in [1.165, 1.54) is 5.39 Å². The van der Waals surface area contributed by atoms with Crippen LogP contribution in [0.5, 0.6) is 0 Å². The summed E-state index contributed by atoms with van der Waals surface area (Å²) >= 11 is 6.06. The van der Waals surface area contributed by atoms with Crippen molar-refractivity contribution in [3.63, 3.8) is 0 Å². The van der Waals surface area contributed by atoms with Crippen LogP contribution in [0.3, 0.4) is 0 Å². The van der Waals surface area contributed by atoms with Crippen LogP contribution >= 0.6 is 11.6 Å². The predicted octanol–water partition coefficient (Wildman–Crippen LogP) is 4.57. The Bertz CT molecular complexity index is 847. The van der Waals surface area contributed by atoms with Gasteiger partial charge >= 0.3 is 0 Å². The molecule has 3 aromatic carbocycles. The van der Waals surface area contributed by atoms with E-state index in [-0.39, 0.29) is 12.5 Å². The number of hydrogen-bond donors (Lipinski definition) is 1. The van der Waals surface area contributed by atoms with E-state index in [0.29, 0.717) is 10.7 Å². The molecule has 1 N–H and O–H groups in total. The van der Waals surface area contributed by atoms with Crippen molar-refractivity contribution in [3.8, 4) is 0 Å². The van der Waals surface area contributed by atoms with Crippen molar-refractivity contribution >= 4 is 39.7 Å². The van der Waals surface area contributed by atoms with Crippen molar-refractivity contribution in [1.29, 1.82) is 0 Å². The highest BCUT2D eigenvalue weighted by atomic mass is 35.5. The molecule has 0 aliphatic carbocycles. The minimum atomic E-state index is -0.103. The van der Waals surface area contributed by atoms with Gasteiger partial charge in [0.25, 0.3) is 0 Å². The third-order valence-electron chi connectivity index (χ3n) is 3.70. The van der Waals surface area contributed by atoms with Crippen molar-refractivity contribution < 1.29 is 4.79 Å². The highest BCUT2D eigenvalue weighted by Gasteiger charge is 2.09. The first-order chi connectivity index (χ1) is 11.1. The van der Waals surface area contributed by atoms with Crippen molar-refractivity contribution in [1.82, 2.24) is 0 Å². The molecule has 0 atom stereocenters. The maximum atomic E-state index is 12.2. The zero-order chi connectivity index (χ0) is 16.2. The SMILES string of the molecule is CN(CC(=O)Nc1ccccc1Cl)c1ccc2ccccc2c1. The lowest BCUT2D eigenvalue weighted by Gasteiger charge is -2.19. The summed E-state index contributed by atoms with van der Waals surface area (Å²) in [7, 11) is 1.90. The number of benzene rings is 3. The van der Waals surface area contributed by atoms with Crippen LogP contribution in [0.1, 0.15) is 0 Å². The van der Waals surface area contributed by atoms with Crippen LogP contribution in [0, 0.1) is 0 Å². The summed E-state index contributed by atoms with van der Waals surface area (Å²) < 4.78 is 0. The van der Waals surface area contributed by atoms with Gasteiger partial charge in [-0.15, -0.1) is 0 Å². The molecule has 0 radical (unpaired) electrons. The van der Waals surface area contributed by atoms with Gasteiger partial charge in [-0.3, -0.25) is 4.79 Å². The van der Waals surface area contributed by atoms with Gasteiger partial charge in [0.2, 0.25) is 5.91 Å². The van der Waals surface area contributed by atoms with E-state index in [1.54, 1.807) is 12.1 Å². The zero-order valence-electron chi connectivity index (χ0n) is 12.8. The summed E-state index contributed by atoms with van der Waals surface area (Å²) in [6, 6.07) is 21.5. The van der Waals surface area contributed by atoms with Gasteiger partial charge in [0.05, 0.1) is 17.3 Å². The Morgan fingerprint density at radius 2 is 1.70 bits per heavy atom. The van der Waals surface area contributed by atoms with Crippen molar-refractivity contribution in [2.24, 2.45) is 0 Å². The Morgan fingerprint density at radius 3 is 2.48 bits per heavy atom. The van der Waals surface area contributed by atoms with Crippen molar-refractivity contribution in [3.05, 3.63) is 71.8 Å². The van der Waals surface area contributed by atoms with Crippen LogP contribution in [-0.2, 0) is 4.79 Å². The summed E-state index contributed by atoms with van der Waals surface area (Å²) in [5.74, 6) is -0.103. The minimum absolute atomic E-state index is 0.103. The molecule has 23 heavy (non-hydrogen) atoms. The molecule has 0 heterocycles. The minimum Gasteiger partial charge on any atom is -0.365 e. The lowest BCUT2D eigenvalue weighted by molar-refractivity contribution is -0.114. The number of anilines is 2. The van der Waals surface area contributed by atoms with E-state index in [4.69, 9.17) is 11.6 Å². The maximum absolute atomic E-state index is 12.2. The number of amides is 1. The summed E-state index contributed by atoms with van der Waals surface area (Å²) in [6.07, 6.45) is 0. The van der Waals surface area contributed by atoms with Gasteiger partial charge in [0.1, 0.15) is 0 Å². The van der Waals surface area contributed by atoms with E-state index >= 15 is 0 Å². The fourth-order valence-electron chi connectivity index (χ4n) is 2.47. The van der Waals surface area contributed by atoms with Gasteiger partial charge in [-0.2, -0.15) is 0 Å². The molecule has 3 nitrogen and oxygen atoms in total. The third kappa shape index (κ3) is 3.63. The maximum Gasteiger partial charge on any atom is 0.243 e. The smallest absolute Gasteiger partial charge is 0.243 e. The highest BCUT2D eigenvalue weighted by molar-refractivity contribution is 6.33. The fourth-order valence-corrected chi connectivity index (χ4v) is 2.66. The molecule has 0 aliphatic rings. The standard InChI is InChI=1S/C19H17ClN2O/c1-22(13-19(23)21-18-9-5-4-8-17(18)20)16-11-10-14-6-2-3-7-15(14)12-16/h2-12H,13H2,1H3,(H,21,23). The number of carbonyl (C=O) groups excluding carboxylic acids is 1. The van der Waals surface area contributed by atoms with Crippen LogP contribution < -0.4 is 10.2 Å². The number of hydrogen-bond acceptors (Lipinski definition) is 2. The molecular formula is C19H17ClN2O. The molecule has 4 heteroatoms. The first-order valence-corrected chi connectivity index (χ1v) is 7.75. The van der Waals surface area contributed by atoms with E-state index < -0.39 is 0 Å². The molecule has 3 rings (SSSR count). The monoisotopic (exact) mass is 324 g/mol. The van der Waals surface area contributed by atoms with Gasteiger partial charge in [0, 0.05) is 12.7 Å². The van der Waals surface area contributed by atoms with E-state index in [9.17, 15) is 4.79 Å².